The van der Waals surface area contributed by atoms with E-state index in [9.17, 15) is 9.59 Å². The van der Waals surface area contributed by atoms with Gasteiger partial charge in [0.25, 0.3) is 0 Å². The summed E-state index contributed by atoms with van der Waals surface area (Å²) in [4.78, 5) is 28.8. The van der Waals surface area contributed by atoms with Gasteiger partial charge in [-0.3, -0.25) is 9.59 Å². The molecular weight excluding hydrogens is 511 g/mol. The third kappa shape index (κ3) is 8.58. The number of nitrogens with zero attached hydrogens (tertiary/aromatic N) is 1. The second-order valence-corrected chi connectivity index (χ2v) is 10.6. The smallest absolute Gasteiger partial charge is 0.243 e. The first-order valence-corrected chi connectivity index (χ1v) is 14.0. The van der Waals surface area contributed by atoms with Crippen LogP contribution in [0.1, 0.15) is 37.0 Å². The van der Waals surface area contributed by atoms with Crippen molar-refractivity contribution in [2.45, 2.75) is 51.1 Å². The van der Waals surface area contributed by atoms with E-state index in [4.69, 9.17) is 23.2 Å². The highest BCUT2D eigenvalue weighted by Crippen LogP contribution is 2.25. The van der Waals surface area contributed by atoms with E-state index in [1.807, 2.05) is 80.6 Å². The van der Waals surface area contributed by atoms with Gasteiger partial charge < -0.3 is 10.2 Å². The molecule has 0 aliphatic rings. The summed E-state index contributed by atoms with van der Waals surface area (Å²) in [6, 6.07) is 24.5. The SMILES string of the molecule is CCC(C)NC(=O)C(Cc1ccccc1)N(Cc1ccc(Cl)c(Cl)c1)C(=O)CSCc1ccccc1. The molecule has 0 fully saturated rings. The van der Waals surface area contributed by atoms with Gasteiger partial charge in [-0.1, -0.05) is 96.9 Å². The Morgan fingerprint density at radius 1 is 0.889 bits per heavy atom. The molecule has 4 nitrogen and oxygen atoms in total. The maximum absolute atomic E-state index is 13.6. The van der Waals surface area contributed by atoms with E-state index in [1.165, 1.54) is 0 Å². The van der Waals surface area contributed by atoms with E-state index in [0.717, 1.165) is 28.9 Å². The summed E-state index contributed by atoms with van der Waals surface area (Å²) in [5.74, 6) is 0.727. The van der Waals surface area contributed by atoms with Crippen molar-refractivity contribution < 1.29 is 9.59 Å². The molecule has 1 N–H and O–H groups in total. The molecule has 7 heteroatoms. The molecule has 2 amide bonds. The highest BCUT2D eigenvalue weighted by molar-refractivity contribution is 7.99. The van der Waals surface area contributed by atoms with Crippen LogP contribution < -0.4 is 5.32 Å². The number of nitrogens with one attached hydrogen (secondary N) is 1. The lowest BCUT2D eigenvalue weighted by molar-refractivity contribution is -0.139. The molecule has 3 rings (SSSR count). The van der Waals surface area contributed by atoms with Crippen molar-refractivity contribution in [2.75, 3.05) is 5.75 Å². The summed E-state index contributed by atoms with van der Waals surface area (Å²) < 4.78 is 0. The summed E-state index contributed by atoms with van der Waals surface area (Å²) in [7, 11) is 0. The number of carbonyl (C=O) groups is 2. The highest BCUT2D eigenvalue weighted by atomic mass is 35.5. The van der Waals surface area contributed by atoms with Gasteiger partial charge in [0.15, 0.2) is 0 Å². The van der Waals surface area contributed by atoms with E-state index in [2.05, 4.69) is 5.32 Å². The zero-order valence-electron chi connectivity index (χ0n) is 20.6. The second kappa shape index (κ2) is 14.3. The standard InChI is InChI=1S/C29H32Cl2N2O2S/c1-3-21(2)32-29(35)27(17-22-10-6-4-7-11-22)33(18-24-14-15-25(30)26(31)16-24)28(34)20-36-19-23-12-8-5-9-13-23/h4-16,21,27H,3,17-20H2,1-2H3,(H,32,35). The van der Waals surface area contributed by atoms with Crippen LogP contribution in [0.3, 0.4) is 0 Å². The van der Waals surface area contributed by atoms with Crippen molar-refractivity contribution in [3.8, 4) is 0 Å². The first-order chi connectivity index (χ1) is 17.4. The largest absolute Gasteiger partial charge is 0.352 e. The number of halogens is 2. The molecule has 0 saturated heterocycles. The molecule has 2 unspecified atom stereocenters. The number of rotatable bonds is 12. The normalized spacial score (nSPS) is 12.6. The quantitative estimate of drug-likeness (QED) is 0.274. The zero-order valence-corrected chi connectivity index (χ0v) is 23.0. The van der Waals surface area contributed by atoms with Gasteiger partial charge in [0.2, 0.25) is 11.8 Å². The van der Waals surface area contributed by atoms with Gasteiger partial charge in [-0.25, -0.2) is 0 Å². The minimum absolute atomic E-state index is 0.00478. The molecule has 36 heavy (non-hydrogen) atoms. The predicted molar refractivity (Wildman–Crippen MR) is 151 cm³/mol. The molecule has 2 atom stereocenters. The first kappa shape index (κ1) is 28.1. The Bertz CT molecular complexity index is 1130. The second-order valence-electron chi connectivity index (χ2n) is 8.77. The Morgan fingerprint density at radius 3 is 2.14 bits per heavy atom. The summed E-state index contributed by atoms with van der Waals surface area (Å²) in [5, 5.41) is 3.96. The van der Waals surface area contributed by atoms with Crippen molar-refractivity contribution in [1.29, 1.82) is 0 Å². The molecule has 0 heterocycles. The Morgan fingerprint density at radius 2 is 1.53 bits per heavy atom. The fourth-order valence-electron chi connectivity index (χ4n) is 3.74. The van der Waals surface area contributed by atoms with Crippen LogP contribution in [0.15, 0.2) is 78.9 Å². The van der Waals surface area contributed by atoms with Crippen LogP contribution in [0.5, 0.6) is 0 Å². The summed E-state index contributed by atoms with van der Waals surface area (Å²) in [5.41, 5.74) is 2.97. The van der Waals surface area contributed by atoms with E-state index in [0.29, 0.717) is 16.5 Å². The third-order valence-corrected chi connectivity index (χ3v) is 7.67. The van der Waals surface area contributed by atoms with Crippen LogP contribution in [0.2, 0.25) is 10.0 Å². The molecule has 0 bridgehead atoms. The van der Waals surface area contributed by atoms with E-state index < -0.39 is 6.04 Å². The van der Waals surface area contributed by atoms with Crippen LogP contribution in [0, 0.1) is 0 Å². The maximum Gasteiger partial charge on any atom is 0.243 e. The maximum atomic E-state index is 13.6. The zero-order chi connectivity index (χ0) is 25.9. The number of carbonyl (C=O) groups excluding carboxylic acids is 2. The minimum atomic E-state index is -0.666. The number of hydrogen-bond donors (Lipinski definition) is 1. The molecule has 0 aromatic heterocycles. The molecule has 0 radical (unpaired) electrons. The van der Waals surface area contributed by atoms with Gasteiger partial charge in [-0.05, 0) is 42.2 Å². The van der Waals surface area contributed by atoms with Crippen LogP contribution in [0.4, 0.5) is 0 Å². The van der Waals surface area contributed by atoms with Gasteiger partial charge in [-0.2, -0.15) is 0 Å². The molecule has 0 aliphatic carbocycles. The van der Waals surface area contributed by atoms with Gasteiger partial charge in [0.1, 0.15) is 6.04 Å². The number of hydrogen-bond acceptors (Lipinski definition) is 3. The van der Waals surface area contributed by atoms with E-state index in [-0.39, 0.29) is 30.2 Å². The van der Waals surface area contributed by atoms with Crippen LogP contribution in [-0.4, -0.2) is 34.6 Å². The van der Waals surface area contributed by atoms with E-state index in [1.54, 1.807) is 28.8 Å². The van der Waals surface area contributed by atoms with Crippen molar-refractivity contribution in [2.24, 2.45) is 0 Å². The minimum Gasteiger partial charge on any atom is -0.352 e. The molecule has 0 saturated carbocycles. The molecule has 0 spiro atoms. The first-order valence-electron chi connectivity index (χ1n) is 12.1. The lowest BCUT2D eigenvalue weighted by Gasteiger charge is -2.32. The predicted octanol–water partition coefficient (Wildman–Crippen LogP) is 6.78. The van der Waals surface area contributed by atoms with Crippen LogP contribution in [0.25, 0.3) is 0 Å². The summed E-state index contributed by atoms with van der Waals surface area (Å²) >= 11 is 13.9. The van der Waals surface area contributed by atoms with Crippen LogP contribution in [-0.2, 0) is 28.3 Å². The lowest BCUT2D eigenvalue weighted by atomic mass is 10.0. The summed E-state index contributed by atoms with van der Waals surface area (Å²) in [6.07, 6.45) is 1.22. The fraction of sp³-hybridized carbons (Fsp3) is 0.310. The number of thioether (sulfide) groups is 1. The Hall–Kier alpha value is -2.47. The fourth-order valence-corrected chi connectivity index (χ4v) is 4.93. The van der Waals surface area contributed by atoms with Crippen LogP contribution >= 0.6 is 35.0 Å². The van der Waals surface area contributed by atoms with Gasteiger partial charge in [0.05, 0.1) is 15.8 Å². The van der Waals surface area contributed by atoms with Crippen molar-refractivity contribution >= 4 is 46.8 Å². The molecule has 3 aromatic carbocycles. The monoisotopic (exact) mass is 542 g/mol. The third-order valence-electron chi connectivity index (χ3n) is 5.95. The van der Waals surface area contributed by atoms with Crippen molar-refractivity contribution in [1.82, 2.24) is 10.2 Å². The Kier molecular flexibility index (Phi) is 11.2. The number of amides is 2. The van der Waals surface area contributed by atoms with Crippen molar-refractivity contribution in [3.05, 3.63) is 106 Å². The van der Waals surface area contributed by atoms with Gasteiger partial charge >= 0.3 is 0 Å². The average molecular weight is 544 g/mol. The van der Waals surface area contributed by atoms with Gasteiger partial charge in [-0.15, -0.1) is 11.8 Å². The lowest BCUT2D eigenvalue weighted by Crippen LogP contribution is -2.52. The molecule has 0 aliphatic heterocycles. The highest BCUT2D eigenvalue weighted by Gasteiger charge is 2.31. The average Bonchev–Trinajstić information content (AvgIpc) is 2.89. The van der Waals surface area contributed by atoms with Crippen molar-refractivity contribution in [3.63, 3.8) is 0 Å². The number of benzene rings is 3. The van der Waals surface area contributed by atoms with E-state index >= 15 is 0 Å². The molecule has 190 valence electrons. The molecule has 3 aromatic rings. The Balaban J connectivity index is 1.88. The summed E-state index contributed by atoms with van der Waals surface area (Å²) in [6.45, 7) is 4.25. The Labute approximate surface area is 228 Å². The molecular formula is C29H32Cl2N2O2S. The van der Waals surface area contributed by atoms with Gasteiger partial charge in [0, 0.05) is 24.8 Å². The topological polar surface area (TPSA) is 49.4 Å².